The molecule has 0 spiro atoms. The van der Waals surface area contributed by atoms with Gasteiger partial charge in [-0.2, -0.15) is 0 Å². The number of Topliss-reactive ketones (excluding diaryl/α,β-unsaturated/α-hetero) is 1. The Balaban J connectivity index is 1.76. The average Bonchev–Trinajstić information content (AvgIpc) is 3.12. The summed E-state index contributed by atoms with van der Waals surface area (Å²) in [5.74, 6) is -0.671. The number of hydrogen-bond donors (Lipinski definition) is 0. The standard InChI is InChI=1S/C22H20O3S/c1-14-4-8-17(9-5-14)19-12-13-26-21(19)22(24)25-16(3)20(23)18-10-6-15(2)7-11-18/h4-13,16H,1-3H3/t16-/m1/s1. The molecule has 1 atom stereocenters. The molecule has 1 aromatic heterocycles. The van der Waals surface area contributed by atoms with Gasteiger partial charge in [0, 0.05) is 11.1 Å². The minimum Gasteiger partial charge on any atom is -0.450 e. The number of aryl methyl sites for hydroxylation is 2. The van der Waals surface area contributed by atoms with Gasteiger partial charge in [-0.05, 0) is 37.8 Å². The second-order valence-electron chi connectivity index (χ2n) is 6.31. The summed E-state index contributed by atoms with van der Waals surface area (Å²) in [4.78, 5) is 25.6. The van der Waals surface area contributed by atoms with Crippen LogP contribution in [0.5, 0.6) is 0 Å². The van der Waals surface area contributed by atoms with Crippen molar-refractivity contribution in [2.45, 2.75) is 26.9 Å². The van der Waals surface area contributed by atoms with E-state index in [2.05, 4.69) is 0 Å². The van der Waals surface area contributed by atoms with E-state index in [1.165, 1.54) is 11.3 Å². The second kappa shape index (κ2) is 7.67. The van der Waals surface area contributed by atoms with Gasteiger partial charge in [0.1, 0.15) is 4.88 Å². The summed E-state index contributed by atoms with van der Waals surface area (Å²) >= 11 is 1.32. The summed E-state index contributed by atoms with van der Waals surface area (Å²) in [6.45, 7) is 5.59. The van der Waals surface area contributed by atoms with Crippen LogP contribution in [0.25, 0.3) is 11.1 Å². The molecule has 0 aliphatic rings. The molecule has 4 heteroatoms. The van der Waals surface area contributed by atoms with Gasteiger partial charge < -0.3 is 4.74 Å². The lowest BCUT2D eigenvalue weighted by Crippen LogP contribution is -2.24. The quantitative estimate of drug-likeness (QED) is 0.446. The van der Waals surface area contributed by atoms with Crippen molar-refractivity contribution in [2.24, 2.45) is 0 Å². The van der Waals surface area contributed by atoms with Crippen molar-refractivity contribution >= 4 is 23.1 Å². The molecule has 0 fully saturated rings. The number of thiophene rings is 1. The van der Waals surface area contributed by atoms with Crippen LogP contribution in [0.4, 0.5) is 0 Å². The van der Waals surface area contributed by atoms with E-state index < -0.39 is 12.1 Å². The number of ether oxygens (including phenoxy) is 1. The Labute approximate surface area is 157 Å². The van der Waals surface area contributed by atoms with Crippen molar-refractivity contribution in [3.63, 3.8) is 0 Å². The molecule has 0 bridgehead atoms. The lowest BCUT2D eigenvalue weighted by molar-refractivity contribution is 0.0324. The monoisotopic (exact) mass is 364 g/mol. The predicted octanol–water partition coefficient (Wildman–Crippen LogP) is 5.46. The van der Waals surface area contributed by atoms with Crippen LogP contribution in [0.15, 0.2) is 60.0 Å². The van der Waals surface area contributed by atoms with Gasteiger partial charge in [-0.1, -0.05) is 59.7 Å². The number of hydrogen-bond acceptors (Lipinski definition) is 4. The van der Waals surface area contributed by atoms with E-state index in [0.717, 1.165) is 22.3 Å². The maximum Gasteiger partial charge on any atom is 0.349 e. The van der Waals surface area contributed by atoms with Crippen molar-refractivity contribution in [3.8, 4) is 11.1 Å². The summed E-state index contributed by atoms with van der Waals surface area (Å²) < 4.78 is 5.45. The lowest BCUT2D eigenvalue weighted by Gasteiger charge is -2.13. The smallest absolute Gasteiger partial charge is 0.349 e. The van der Waals surface area contributed by atoms with Gasteiger partial charge in [-0.3, -0.25) is 4.79 Å². The zero-order valence-corrected chi connectivity index (χ0v) is 15.8. The van der Waals surface area contributed by atoms with Crippen LogP contribution in [0.1, 0.15) is 38.1 Å². The average molecular weight is 364 g/mol. The van der Waals surface area contributed by atoms with Crippen LogP contribution in [-0.2, 0) is 4.74 Å². The largest absolute Gasteiger partial charge is 0.450 e. The van der Waals surface area contributed by atoms with Crippen molar-refractivity contribution < 1.29 is 14.3 Å². The highest BCUT2D eigenvalue weighted by Gasteiger charge is 2.23. The minimum absolute atomic E-state index is 0.202. The summed E-state index contributed by atoms with van der Waals surface area (Å²) in [5.41, 5.74) is 4.56. The molecule has 3 aromatic rings. The first-order valence-electron chi connectivity index (χ1n) is 8.42. The van der Waals surface area contributed by atoms with Gasteiger partial charge in [0.15, 0.2) is 6.10 Å². The molecule has 3 nitrogen and oxygen atoms in total. The van der Waals surface area contributed by atoms with Gasteiger partial charge in [0.25, 0.3) is 0 Å². The second-order valence-corrected chi connectivity index (χ2v) is 7.22. The first-order valence-corrected chi connectivity index (χ1v) is 9.30. The summed E-state index contributed by atoms with van der Waals surface area (Å²) in [5, 5.41) is 1.86. The highest BCUT2D eigenvalue weighted by molar-refractivity contribution is 7.12. The van der Waals surface area contributed by atoms with E-state index >= 15 is 0 Å². The first kappa shape index (κ1) is 18.1. The minimum atomic E-state index is -0.835. The molecule has 0 radical (unpaired) electrons. The van der Waals surface area contributed by atoms with E-state index in [0.29, 0.717) is 10.4 Å². The van der Waals surface area contributed by atoms with Gasteiger partial charge in [-0.25, -0.2) is 4.79 Å². The number of esters is 1. The van der Waals surface area contributed by atoms with Crippen LogP contribution in [0.2, 0.25) is 0 Å². The van der Waals surface area contributed by atoms with Crippen LogP contribution >= 0.6 is 11.3 Å². The number of ketones is 1. The zero-order valence-electron chi connectivity index (χ0n) is 15.0. The molecular formula is C22H20O3S. The molecule has 2 aromatic carbocycles. The molecule has 0 amide bonds. The molecule has 0 aliphatic carbocycles. The van der Waals surface area contributed by atoms with Crippen LogP contribution in [0, 0.1) is 13.8 Å². The van der Waals surface area contributed by atoms with Crippen LogP contribution < -0.4 is 0 Å². The fraction of sp³-hybridized carbons (Fsp3) is 0.182. The Morgan fingerprint density at radius 2 is 1.46 bits per heavy atom. The Kier molecular flexibility index (Phi) is 5.33. The molecular weight excluding hydrogens is 344 g/mol. The third kappa shape index (κ3) is 3.92. The molecule has 0 unspecified atom stereocenters. The van der Waals surface area contributed by atoms with Crippen LogP contribution in [-0.4, -0.2) is 17.9 Å². The van der Waals surface area contributed by atoms with Gasteiger partial charge in [0.05, 0.1) is 0 Å². The van der Waals surface area contributed by atoms with Crippen molar-refractivity contribution in [2.75, 3.05) is 0 Å². The Morgan fingerprint density at radius 3 is 2.08 bits per heavy atom. The molecule has 1 heterocycles. The molecule has 132 valence electrons. The molecule has 26 heavy (non-hydrogen) atoms. The fourth-order valence-electron chi connectivity index (χ4n) is 2.65. The van der Waals surface area contributed by atoms with E-state index in [4.69, 9.17) is 4.74 Å². The normalized spacial score (nSPS) is 11.8. The van der Waals surface area contributed by atoms with Gasteiger partial charge in [0.2, 0.25) is 5.78 Å². The number of carbonyl (C=O) groups excluding carboxylic acids is 2. The van der Waals surface area contributed by atoms with Crippen molar-refractivity contribution in [1.82, 2.24) is 0 Å². The highest BCUT2D eigenvalue weighted by Crippen LogP contribution is 2.29. The third-order valence-corrected chi connectivity index (χ3v) is 5.10. The van der Waals surface area contributed by atoms with Crippen molar-refractivity contribution in [1.29, 1.82) is 0 Å². The topological polar surface area (TPSA) is 43.4 Å². The lowest BCUT2D eigenvalue weighted by atomic mass is 10.0. The maximum absolute atomic E-state index is 12.6. The third-order valence-electron chi connectivity index (χ3n) is 4.20. The van der Waals surface area contributed by atoms with Crippen molar-refractivity contribution in [3.05, 3.63) is 81.5 Å². The number of benzene rings is 2. The molecule has 0 saturated carbocycles. The molecule has 3 rings (SSSR count). The van der Waals surface area contributed by atoms with E-state index in [1.807, 2.05) is 61.7 Å². The SMILES string of the molecule is Cc1ccc(C(=O)[C@@H](C)OC(=O)c2sccc2-c2ccc(C)cc2)cc1. The van der Waals surface area contributed by atoms with Gasteiger partial charge >= 0.3 is 5.97 Å². The van der Waals surface area contributed by atoms with Gasteiger partial charge in [-0.15, -0.1) is 11.3 Å². The molecule has 0 saturated heterocycles. The van der Waals surface area contributed by atoms with E-state index in [9.17, 15) is 9.59 Å². The highest BCUT2D eigenvalue weighted by atomic mass is 32.1. The zero-order chi connectivity index (χ0) is 18.7. The first-order chi connectivity index (χ1) is 12.5. The maximum atomic E-state index is 12.6. The predicted molar refractivity (Wildman–Crippen MR) is 105 cm³/mol. The Hall–Kier alpha value is -2.72. The van der Waals surface area contributed by atoms with E-state index in [-0.39, 0.29) is 5.78 Å². The summed E-state index contributed by atoms with van der Waals surface area (Å²) in [7, 11) is 0. The molecule has 0 N–H and O–H groups in total. The Morgan fingerprint density at radius 1 is 0.885 bits per heavy atom. The number of rotatable bonds is 5. The van der Waals surface area contributed by atoms with E-state index in [1.54, 1.807) is 19.1 Å². The summed E-state index contributed by atoms with van der Waals surface area (Å²) in [6.07, 6.45) is -0.835. The number of carbonyl (C=O) groups is 2. The molecule has 0 aliphatic heterocycles. The summed E-state index contributed by atoms with van der Waals surface area (Å²) in [6, 6.07) is 17.1. The Bertz CT molecular complexity index is 921. The van der Waals surface area contributed by atoms with Crippen LogP contribution in [0.3, 0.4) is 0 Å². The fourth-order valence-corrected chi connectivity index (χ4v) is 3.45.